The molecule has 120 valence electrons. The average Bonchev–Trinajstić information content (AvgIpc) is 2.43. The first kappa shape index (κ1) is 18.2. The first-order valence-electron chi connectivity index (χ1n) is 8.02. The molecule has 0 radical (unpaired) electrons. The predicted molar refractivity (Wildman–Crippen MR) is 86.4 cm³/mol. The highest BCUT2D eigenvalue weighted by Crippen LogP contribution is 2.12. The molecule has 3 nitrogen and oxygen atoms in total. The summed E-state index contributed by atoms with van der Waals surface area (Å²) in [6.45, 7) is 2.23. The van der Waals surface area contributed by atoms with E-state index in [0.29, 0.717) is 12.8 Å². The van der Waals surface area contributed by atoms with Crippen molar-refractivity contribution in [3.05, 3.63) is 35.4 Å². The highest BCUT2D eigenvalue weighted by Gasteiger charge is 1.99. The van der Waals surface area contributed by atoms with Crippen LogP contribution in [0.15, 0.2) is 24.3 Å². The predicted octanol–water partition coefficient (Wildman–Crippen LogP) is 4.07. The summed E-state index contributed by atoms with van der Waals surface area (Å²) in [6, 6.07) is 8.33. The summed E-state index contributed by atoms with van der Waals surface area (Å²) in [6.07, 6.45) is 10.00. The third-order valence-corrected chi connectivity index (χ3v) is 4.49. The lowest BCUT2D eigenvalue weighted by Gasteiger charge is -2.07. The van der Waals surface area contributed by atoms with Crippen molar-refractivity contribution in [2.75, 3.05) is 5.75 Å². The van der Waals surface area contributed by atoms with Crippen LogP contribution in [-0.4, -0.2) is 18.7 Å². The van der Waals surface area contributed by atoms with Gasteiger partial charge in [-0.2, -0.15) is 0 Å². The molecule has 0 heterocycles. The van der Waals surface area contributed by atoms with Gasteiger partial charge in [-0.3, -0.25) is 0 Å². The van der Waals surface area contributed by atoms with Gasteiger partial charge >= 0.3 is 0 Å². The van der Waals surface area contributed by atoms with E-state index in [0.717, 1.165) is 12.0 Å². The Bertz CT molecular complexity index is 477. The van der Waals surface area contributed by atoms with Crippen LogP contribution < -0.4 is 0 Å². The molecule has 0 saturated carbocycles. The summed E-state index contributed by atoms with van der Waals surface area (Å²) >= 11 is 0. The van der Waals surface area contributed by atoms with Crippen LogP contribution in [0.4, 0.5) is 0 Å². The Morgan fingerprint density at radius 3 is 1.81 bits per heavy atom. The van der Waals surface area contributed by atoms with Crippen molar-refractivity contribution in [3.8, 4) is 0 Å². The zero-order chi connectivity index (χ0) is 15.6. The summed E-state index contributed by atoms with van der Waals surface area (Å²) in [5.74, 6) is -0.271. The van der Waals surface area contributed by atoms with Gasteiger partial charge in [-0.1, -0.05) is 63.3 Å². The maximum Gasteiger partial charge on any atom is 0.0946 e. The van der Waals surface area contributed by atoms with Crippen LogP contribution in [0.25, 0.3) is 0 Å². The number of unbranched alkanes of at least 4 members (excludes halogenated alkanes) is 5. The molecule has 0 saturated heterocycles. The molecule has 0 aliphatic carbocycles. The third-order valence-electron chi connectivity index (χ3n) is 3.70. The molecule has 0 aliphatic heterocycles. The van der Waals surface area contributed by atoms with Gasteiger partial charge in [-0.25, -0.2) is 8.42 Å². The van der Waals surface area contributed by atoms with Gasteiger partial charge in [-0.05, 0) is 36.8 Å². The molecule has 1 aromatic carbocycles. The summed E-state index contributed by atoms with van der Waals surface area (Å²) in [7, 11) is -4.07. The first-order valence-corrected chi connectivity index (χ1v) is 9.60. The minimum atomic E-state index is -4.07. The van der Waals surface area contributed by atoms with Crippen molar-refractivity contribution in [1.29, 1.82) is 0 Å². The van der Waals surface area contributed by atoms with Crippen LogP contribution in [0, 0.1) is 0 Å². The lowest BCUT2D eigenvalue weighted by atomic mass is 10.0. The highest BCUT2D eigenvalue weighted by molar-refractivity contribution is 7.85. The molecule has 0 fully saturated rings. The van der Waals surface area contributed by atoms with Crippen molar-refractivity contribution < 1.29 is 13.0 Å². The van der Waals surface area contributed by atoms with Gasteiger partial charge in [0.05, 0.1) is 10.1 Å². The first-order chi connectivity index (χ1) is 10.0. The van der Waals surface area contributed by atoms with E-state index in [4.69, 9.17) is 0 Å². The number of hydrogen-bond acceptors (Lipinski definition) is 3. The minimum absolute atomic E-state index is 0.271. The fraction of sp³-hybridized carbons (Fsp3) is 0.647. The summed E-state index contributed by atoms with van der Waals surface area (Å²) < 4.78 is 31.6. The Balaban J connectivity index is 2.21. The molecule has 0 aliphatic rings. The quantitative estimate of drug-likeness (QED) is 0.457. The second kappa shape index (κ2) is 9.96. The zero-order valence-electron chi connectivity index (χ0n) is 13.0. The van der Waals surface area contributed by atoms with Crippen LogP contribution in [0.5, 0.6) is 0 Å². The third kappa shape index (κ3) is 9.64. The van der Waals surface area contributed by atoms with E-state index in [1.165, 1.54) is 44.1 Å². The average molecular weight is 311 g/mol. The molecule has 1 rings (SSSR count). The molecular weight excluding hydrogens is 284 g/mol. The number of benzene rings is 1. The fourth-order valence-corrected chi connectivity index (χ4v) is 2.93. The number of rotatable bonds is 11. The van der Waals surface area contributed by atoms with E-state index in [1.807, 2.05) is 12.1 Å². The summed E-state index contributed by atoms with van der Waals surface area (Å²) in [5, 5.41) is 0. The molecule has 0 spiro atoms. The normalized spacial score (nSPS) is 11.7. The van der Waals surface area contributed by atoms with Crippen LogP contribution >= 0.6 is 0 Å². The van der Waals surface area contributed by atoms with Crippen LogP contribution in [-0.2, 0) is 23.0 Å². The SMILES string of the molecule is CCCCCCCCc1ccc(CCCS(=O)(=O)[O-])cc1. The van der Waals surface area contributed by atoms with Gasteiger partial charge in [0.1, 0.15) is 0 Å². The van der Waals surface area contributed by atoms with Gasteiger partial charge < -0.3 is 4.55 Å². The van der Waals surface area contributed by atoms with Crippen molar-refractivity contribution in [2.24, 2.45) is 0 Å². The van der Waals surface area contributed by atoms with Crippen molar-refractivity contribution in [3.63, 3.8) is 0 Å². The standard InChI is InChI=1S/C17H28O3S/c1-2-3-4-5-6-7-9-16-11-13-17(14-12-16)10-8-15-21(18,19)20/h11-14H,2-10,15H2,1H3,(H,18,19,20)/p-1. The fourth-order valence-electron chi connectivity index (χ4n) is 2.44. The molecule has 0 aromatic heterocycles. The van der Waals surface area contributed by atoms with Crippen LogP contribution in [0.1, 0.15) is 63.0 Å². The Kier molecular flexibility index (Phi) is 8.62. The minimum Gasteiger partial charge on any atom is -0.748 e. The van der Waals surface area contributed by atoms with Crippen molar-refractivity contribution in [1.82, 2.24) is 0 Å². The van der Waals surface area contributed by atoms with Crippen LogP contribution in [0.3, 0.4) is 0 Å². The lowest BCUT2D eigenvalue weighted by Crippen LogP contribution is -2.05. The van der Waals surface area contributed by atoms with Gasteiger partial charge in [0, 0.05) is 5.75 Å². The Morgan fingerprint density at radius 2 is 1.29 bits per heavy atom. The van der Waals surface area contributed by atoms with E-state index >= 15 is 0 Å². The van der Waals surface area contributed by atoms with E-state index in [-0.39, 0.29) is 5.75 Å². The van der Waals surface area contributed by atoms with Gasteiger partial charge in [-0.15, -0.1) is 0 Å². The lowest BCUT2D eigenvalue weighted by molar-refractivity contribution is 0.461. The summed E-state index contributed by atoms with van der Waals surface area (Å²) in [4.78, 5) is 0. The molecule has 0 N–H and O–H groups in total. The topological polar surface area (TPSA) is 57.2 Å². The monoisotopic (exact) mass is 311 g/mol. The Hall–Kier alpha value is -0.870. The molecule has 0 bridgehead atoms. The van der Waals surface area contributed by atoms with Crippen LogP contribution in [0.2, 0.25) is 0 Å². The number of hydrogen-bond donors (Lipinski definition) is 0. The molecule has 1 aromatic rings. The van der Waals surface area contributed by atoms with E-state index in [9.17, 15) is 13.0 Å². The molecule has 0 unspecified atom stereocenters. The Labute approximate surface area is 129 Å². The molecule has 0 amide bonds. The maximum absolute atomic E-state index is 10.5. The largest absolute Gasteiger partial charge is 0.748 e. The van der Waals surface area contributed by atoms with Crippen molar-refractivity contribution >= 4 is 10.1 Å². The molecular formula is C17H27O3S-. The van der Waals surface area contributed by atoms with E-state index in [2.05, 4.69) is 19.1 Å². The maximum atomic E-state index is 10.5. The van der Waals surface area contributed by atoms with Gasteiger partial charge in [0.15, 0.2) is 0 Å². The second-order valence-corrected chi connectivity index (χ2v) is 7.22. The second-order valence-electron chi connectivity index (χ2n) is 5.70. The summed E-state index contributed by atoms with van der Waals surface area (Å²) in [5.41, 5.74) is 2.44. The van der Waals surface area contributed by atoms with Gasteiger partial charge in [0.25, 0.3) is 0 Å². The molecule has 0 atom stereocenters. The highest BCUT2D eigenvalue weighted by atomic mass is 32.2. The van der Waals surface area contributed by atoms with Crippen molar-refractivity contribution in [2.45, 2.75) is 64.7 Å². The van der Waals surface area contributed by atoms with E-state index < -0.39 is 10.1 Å². The molecule has 21 heavy (non-hydrogen) atoms. The Morgan fingerprint density at radius 1 is 0.810 bits per heavy atom. The molecule has 4 heteroatoms. The number of aryl methyl sites for hydroxylation is 2. The smallest absolute Gasteiger partial charge is 0.0946 e. The zero-order valence-corrected chi connectivity index (χ0v) is 13.8. The van der Waals surface area contributed by atoms with Gasteiger partial charge in [0.2, 0.25) is 0 Å². The van der Waals surface area contributed by atoms with E-state index in [1.54, 1.807) is 0 Å².